The summed E-state index contributed by atoms with van der Waals surface area (Å²) in [7, 11) is 0. The van der Waals surface area contributed by atoms with Crippen LogP contribution in [0.3, 0.4) is 0 Å². The van der Waals surface area contributed by atoms with Gasteiger partial charge in [-0.3, -0.25) is 0 Å². The topological polar surface area (TPSA) is 29.9 Å². The fourth-order valence-electron chi connectivity index (χ4n) is 2.78. The van der Waals surface area contributed by atoms with Crippen molar-refractivity contribution in [2.45, 2.75) is 60.5 Å². The molecule has 0 fully saturated rings. The Labute approximate surface area is 128 Å². The van der Waals surface area contributed by atoms with Gasteiger partial charge in [-0.25, -0.2) is 4.68 Å². The van der Waals surface area contributed by atoms with Gasteiger partial charge in [0, 0.05) is 23.8 Å². The van der Waals surface area contributed by atoms with E-state index in [4.69, 9.17) is 0 Å². The molecule has 1 aromatic heterocycles. The zero-order valence-corrected chi connectivity index (χ0v) is 14.1. The zero-order valence-electron chi connectivity index (χ0n) is 14.1. The maximum absolute atomic E-state index is 4.62. The average molecular weight is 285 g/mol. The maximum Gasteiger partial charge on any atom is 0.0707 e. The SMILES string of the molecule is CCC(C)NCc1cnn(-c2c(C)cc(C)cc2C)c1C. The van der Waals surface area contributed by atoms with Crippen LogP contribution in [0, 0.1) is 27.7 Å². The molecule has 3 heteroatoms. The number of hydrogen-bond acceptors (Lipinski definition) is 2. The Balaban J connectivity index is 2.32. The third-order valence-electron chi connectivity index (χ3n) is 4.21. The molecule has 0 aliphatic heterocycles. The predicted molar refractivity (Wildman–Crippen MR) is 89.1 cm³/mol. The maximum atomic E-state index is 4.62. The monoisotopic (exact) mass is 285 g/mol. The standard InChI is InChI=1S/C18H27N3/c1-7-15(5)19-10-17-11-20-21(16(17)6)18-13(3)8-12(2)9-14(18)4/h8-9,11,15,19H,7,10H2,1-6H3. The second-order valence-corrected chi connectivity index (χ2v) is 6.10. The highest BCUT2D eigenvalue weighted by atomic mass is 15.3. The summed E-state index contributed by atoms with van der Waals surface area (Å²) in [6, 6.07) is 4.98. The average Bonchev–Trinajstić information content (AvgIpc) is 2.77. The third kappa shape index (κ3) is 3.35. The highest BCUT2D eigenvalue weighted by Gasteiger charge is 2.13. The van der Waals surface area contributed by atoms with Crippen molar-refractivity contribution in [1.29, 1.82) is 0 Å². The first-order valence-corrected chi connectivity index (χ1v) is 7.79. The normalized spacial score (nSPS) is 12.7. The number of nitrogens with zero attached hydrogens (tertiary/aromatic N) is 2. The van der Waals surface area contributed by atoms with Gasteiger partial charge in [0.15, 0.2) is 0 Å². The lowest BCUT2D eigenvalue weighted by atomic mass is 10.0. The fourth-order valence-corrected chi connectivity index (χ4v) is 2.78. The van der Waals surface area contributed by atoms with Crippen molar-refractivity contribution >= 4 is 0 Å². The Morgan fingerprint density at radius 3 is 2.33 bits per heavy atom. The van der Waals surface area contributed by atoms with Crippen molar-refractivity contribution in [3.63, 3.8) is 0 Å². The van der Waals surface area contributed by atoms with E-state index in [1.807, 2.05) is 6.20 Å². The first kappa shape index (κ1) is 15.8. The summed E-state index contributed by atoms with van der Waals surface area (Å²) in [4.78, 5) is 0. The molecule has 1 aromatic carbocycles. The van der Waals surface area contributed by atoms with Crippen molar-refractivity contribution in [3.8, 4) is 5.69 Å². The number of nitrogens with one attached hydrogen (secondary N) is 1. The van der Waals surface area contributed by atoms with Gasteiger partial charge in [0.05, 0.1) is 11.9 Å². The van der Waals surface area contributed by atoms with Crippen LogP contribution in [-0.2, 0) is 6.54 Å². The highest BCUT2D eigenvalue weighted by Crippen LogP contribution is 2.23. The van der Waals surface area contributed by atoms with Crippen LogP contribution in [0.15, 0.2) is 18.3 Å². The van der Waals surface area contributed by atoms with Crippen LogP contribution < -0.4 is 5.32 Å². The molecule has 1 heterocycles. The number of aryl methyl sites for hydroxylation is 3. The lowest BCUT2D eigenvalue weighted by molar-refractivity contribution is 0.533. The lowest BCUT2D eigenvalue weighted by Crippen LogP contribution is -2.24. The van der Waals surface area contributed by atoms with Crippen molar-refractivity contribution in [2.24, 2.45) is 0 Å². The molecule has 0 aliphatic rings. The molecule has 0 saturated carbocycles. The third-order valence-corrected chi connectivity index (χ3v) is 4.21. The van der Waals surface area contributed by atoms with Crippen molar-refractivity contribution in [3.05, 3.63) is 46.3 Å². The molecule has 0 bridgehead atoms. The Hall–Kier alpha value is -1.61. The van der Waals surface area contributed by atoms with Crippen LogP contribution >= 0.6 is 0 Å². The van der Waals surface area contributed by atoms with E-state index in [-0.39, 0.29) is 0 Å². The second kappa shape index (κ2) is 6.44. The van der Waals surface area contributed by atoms with E-state index in [1.165, 1.54) is 33.6 Å². The van der Waals surface area contributed by atoms with Gasteiger partial charge < -0.3 is 5.32 Å². The van der Waals surface area contributed by atoms with Crippen molar-refractivity contribution in [2.75, 3.05) is 0 Å². The van der Waals surface area contributed by atoms with Gasteiger partial charge in [0.1, 0.15) is 0 Å². The van der Waals surface area contributed by atoms with E-state index in [0.717, 1.165) is 13.0 Å². The molecule has 1 unspecified atom stereocenters. The van der Waals surface area contributed by atoms with Gasteiger partial charge in [-0.1, -0.05) is 24.6 Å². The van der Waals surface area contributed by atoms with Crippen molar-refractivity contribution < 1.29 is 0 Å². The first-order valence-electron chi connectivity index (χ1n) is 7.79. The molecule has 0 amide bonds. The largest absolute Gasteiger partial charge is 0.310 e. The van der Waals surface area contributed by atoms with Crippen LogP contribution in [-0.4, -0.2) is 15.8 Å². The molecule has 0 saturated heterocycles. The molecule has 114 valence electrons. The van der Waals surface area contributed by atoms with Crippen molar-refractivity contribution in [1.82, 2.24) is 15.1 Å². The van der Waals surface area contributed by atoms with Crippen LogP contribution in [0.25, 0.3) is 5.69 Å². The summed E-state index contributed by atoms with van der Waals surface area (Å²) in [6.45, 7) is 13.9. The minimum Gasteiger partial charge on any atom is -0.310 e. The minimum atomic E-state index is 0.538. The first-order chi connectivity index (χ1) is 9.93. The summed E-state index contributed by atoms with van der Waals surface area (Å²) in [5.74, 6) is 0. The van der Waals surface area contributed by atoms with Gasteiger partial charge in [-0.15, -0.1) is 0 Å². The van der Waals surface area contributed by atoms with Crippen LogP contribution in [0.1, 0.15) is 48.2 Å². The lowest BCUT2D eigenvalue weighted by Gasteiger charge is -2.14. The molecule has 0 spiro atoms. The minimum absolute atomic E-state index is 0.538. The van der Waals surface area contributed by atoms with Gasteiger partial charge in [0.25, 0.3) is 0 Å². The van der Waals surface area contributed by atoms with E-state index in [0.29, 0.717) is 6.04 Å². The van der Waals surface area contributed by atoms with Gasteiger partial charge in [0.2, 0.25) is 0 Å². The van der Waals surface area contributed by atoms with E-state index < -0.39 is 0 Å². The Bertz CT molecular complexity index is 602. The van der Waals surface area contributed by atoms with E-state index >= 15 is 0 Å². The van der Waals surface area contributed by atoms with E-state index in [1.54, 1.807) is 0 Å². The van der Waals surface area contributed by atoms with E-state index in [9.17, 15) is 0 Å². The summed E-state index contributed by atoms with van der Waals surface area (Å²) >= 11 is 0. The molecule has 1 N–H and O–H groups in total. The second-order valence-electron chi connectivity index (χ2n) is 6.10. The zero-order chi connectivity index (χ0) is 15.6. The number of rotatable bonds is 5. The Morgan fingerprint density at radius 1 is 1.14 bits per heavy atom. The fraction of sp³-hybridized carbons (Fsp3) is 0.500. The number of aromatic nitrogens is 2. The summed E-state index contributed by atoms with van der Waals surface area (Å²) < 4.78 is 2.08. The molecule has 2 aromatic rings. The Morgan fingerprint density at radius 2 is 1.76 bits per heavy atom. The number of benzene rings is 1. The smallest absolute Gasteiger partial charge is 0.0707 e. The molecule has 3 nitrogen and oxygen atoms in total. The summed E-state index contributed by atoms with van der Waals surface area (Å²) in [5.41, 5.74) is 7.57. The van der Waals surface area contributed by atoms with Crippen LogP contribution in [0.2, 0.25) is 0 Å². The van der Waals surface area contributed by atoms with Gasteiger partial charge in [-0.2, -0.15) is 5.10 Å². The highest BCUT2D eigenvalue weighted by molar-refractivity contribution is 5.50. The van der Waals surface area contributed by atoms with Crippen LogP contribution in [0.4, 0.5) is 0 Å². The Kier molecular flexibility index (Phi) is 4.84. The predicted octanol–water partition coefficient (Wildman–Crippen LogP) is 3.99. The molecule has 0 radical (unpaired) electrons. The molecule has 21 heavy (non-hydrogen) atoms. The molecular weight excluding hydrogens is 258 g/mol. The molecule has 1 atom stereocenters. The summed E-state index contributed by atoms with van der Waals surface area (Å²) in [5, 5.41) is 8.16. The summed E-state index contributed by atoms with van der Waals surface area (Å²) in [6.07, 6.45) is 3.13. The molecular formula is C18H27N3. The van der Waals surface area contributed by atoms with Gasteiger partial charge >= 0.3 is 0 Å². The molecule has 0 aliphatic carbocycles. The van der Waals surface area contributed by atoms with Gasteiger partial charge in [-0.05, 0) is 52.2 Å². The quantitative estimate of drug-likeness (QED) is 0.900. The molecule has 2 rings (SSSR count). The van der Waals surface area contributed by atoms with E-state index in [2.05, 4.69) is 68.8 Å². The van der Waals surface area contributed by atoms with Crippen LogP contribution in [0.5, 0.6) is 0 Å². The number of hydrogen-bond donors (Lipinski definition) is 1.